The van der Waals surface area contributed by atoms with Gasteiger partial charge in [-0.25, -0.2) is 0 Å². The first kappa shape index (κ1) is 12.4. The van der Waals surface area contributed by atoms with E-state index in [9.17, 15) is 9.59 Å². The average molecular weight is 240 g/mol. The fourth-order valence-corrected chi connectivity index (χ4v) is 2.77. The van der Waals surface area contributed by atoms with Crippen molar-refractivity contribution in [2.45, 2.75) is 26.2 Å². The zero-order chi connectivity index (χ0) is 12.5. The molecule has 96 valence electrons. The second-order valence-electron chi connectivity index (χ2n) is 5.42. The van der Waals surface area contributed by atoms with Gasteiger partial charge in [0, 0.05) is 19.6 Å². The van der Waals surface area contributed by atoms with Crippen LogP contribution in [0.15, 0.2) is 0 Å². The zero-order valence-corrected chi connectivity index (χ0v) is 10.2. The molecular weight excluding hydrogens is 220 g/mol. The molecule has 0 bridgehead atoms. The first-order valence-corrected chi connectivity index (χ1v) is 6.26. The molecule has 0 aromatic rings. The summed E-state index contributed by atoms with van der Waals surface area (Å²) in [6.45, 7) is 4.63. The second kappa shape index (κ2) is 4.64. The molecule has 2 unspecified atom stereocenters. The van der Waals surface area contributed by atoms with E-state index in [1.54, 1.807) is 4.90 Å². The number of hydrogen-bond acceptors (Lipinski definition) is 3. The van der Waals surface area contributed by atoms with Gasteiger partial charge < -0.3 is 15.3 Å². The fraction of sp³-hybridized carbons (Fsp3) is 0.833. The molecule has 2 atom stereocenters. The number of hydrogen-bond donors (Lipinski definition) is 2. The molecule has 2 aliphatic rings. The Morgan fingerprint density at radius 1 is 1.47 bits per heavy atom. The summed E-state index contributed by atoms with van der Waals surface area (Å²) >= 11 is 0. The van der Waals surface area contributed by atoms with Crippen molar-refractivity contribution in [2.24, 2.45) is 11.3 Å². The van der Waals surface area contributed by atoms with Crippen LogP contribution in [0.2, 0.25) is 0 Å². The highest BCUT2D eigenvalue weighted by atomic mass is 16.4. The van der Waals surface area contributed by atoms with E-state index < -0.39 is 5.97 Å². The van der Waals surface area contributed by atoms with Crippen molar-refractivity contribution in [1.29, 1.82) is 0 Å². The van der Waals surface area contributed by atoms with Gasteiger partial charge in [0.25, 0.3) is 0 Å². The van der Waals surface area contributed by atoms with Crippen molar-refractivity contribution in [3.63, 3.8) is 0 Å². The van der Waals surface area contributed by atoms with Crippen LogP contribution in [0, 0.1) is 11.3 Å². The third kappa shape index (κ3) is 2.44. The van der Waals surface area contributed by atoms with Crippen molar-refractivity contribution >= 4 is 11.9 Å². The largest absolute Gasteiger partial charge is 0.481 e. The molecule has 17 heavy (non-hydrogen) atoms. The highest BCUT2D eigenvalue weighted by Gasteiger charge is 2.41. The normalized spacial score (nSPS) is 33.7. The first-order chi connectivity index (χ1) is 8.03. The summed E-state index contributed by atoms with van der Waals surface area (Å²) in [5.41, 5.74) is -0.342. The predicted molar refractivity (Wildman–Crippen MR) is 62.5 cm³/mol. The smallest absolute Gasteiger partial charge is 0.308 e. The minimum atomic E-state index is -0.785. The van der Waals surface area contributed by atoms with Crippen molar-refractivity contribution in [3.05, 3.63) is 0 Å². The number of carboxylic acid groups (broad SMARTS) is 1. The number of carbonyl (C=O) groups excluding carboxylic acids is 1. The van der Waals surface area contributed by atoms with Gasteiger partial charge in [0.15, 0.2) is 0 Å². The van der Waals surface area contributed by atoms with Gasteiger partial charge in [-0.2, -0.15) is 0 Å². The average Bonchev–Trinajstić information content (AvgIpc) is 2.78. The van der Waals surface area contributed by atoms with Crippen LogP contribution in [0.5, 0.6) is 0 Å². The van der Waals surface area contributed by atoms with Gasteiger partial charge in [0.2, 0.25) is 5.91 Å². The SMILES string of the molecule is CC1(C(=O)N2CCC(C(=O)O)C2)CCCNC1. The molecule has 0 spiro atoms. The Bertz CT molecular complexity index is 324. The van der Waals surface area contributed by atoms with Gasteiger partial charge in [-0.05, 0) is 32.7 Å². The molecule has 2 heterocycles. The van der Waals surface area contributed by atoms with Gasteiger partial charge in [0.1, 0.15) is 0 Å². The maximum atomic E-state index is 12.4. The Kier molecular flexibility index (Phi) is 3.38. The summed E-state index contributed by atoms with van der Waals surface area (Å²) in [6, 6.07) is 0. The van der Waals surface area contributed by atoms with Crippen molar-refractivity contribution < 1.29 is 14.7 Å². The van der Waals surface area contributed by atoms with E-state index in [0.29, 0.717) is 26.1 Å². The Hall–Kier alpha value is -1.10. The monoisotopic (exact) mass is 240 g/mol. The molecule has 2 N–H and O–H groups in total. The maximum absolute atomic E-state index is 12.4. The van der Waals surface area contributed by atoms with Crippen LogP contribution < -0.4 is 5.32 Å². The van der Waals surface area contributed by atoms with Crippen LogP contribution in [0.1, 0.15) is 26.2 Å². The fourth-order valence-electron chi connectivity index (χ4n) is 2.77. The van der Waals surface area contributed by atoms with Gasteiger partial charge in [0.05, 0.1) is 11.3 Å². The number of carboxylic acids is 1. The number of nitrogens with one attached hydrogen (secondary N) is 1. The van der Waals surface area contributed by atoms with Gasteiger partial charge in [-0.15, -0.1) is 0 Å². The Labute approximate surface area is 101 Å². The van der Waals surface area contributed by atoms with E-state index in [1.807, 2.05) is 6.92 Å². The van der Waals surface area contributed by atoms with Crippen LogP contribution in [-0.4, -0.2) is 48.1 Å². The molecule has 0 saturated carbocycles. The minimum Gasteiger partial charge on any atom is -0.481 e. The summed E-state index contributed by atoms with van der Waals surface area (Å²) in [5.74, 6) is -1.04. The topological polar surface area (TPSA) is 69.6 Å². The van der Waals surface area contributed by atoms with Crippen LogP contribution in [-0.2, 0) is 9.59 Å². The minimum absolute atomic E-state index is 0.119. The lowest BCUT2D eigenvalue weighted by Crippen LogP contribution is -2.49. The van der Waals surface area contributed by atoms with E-state index in [2.05, 4.69) is 5.32 Å². The van der Waals surface area contributed by atoms with Crippen molar-refractivity contribution in [3.8, 4) is 0 Å². The number of nitrogens with zero attached hydrogens (tertiary/aromatic N) is 1. The molecule has 2 saturated heterocycles. The predicted octanol–water partition coefficient (Wildman–Crippen LogP) is 0.309. The zero-order valence-electron chi connectivity index (χ0n) is 10.2. The summed E-state index contributed by atoms with van der Waals surface area (Å²) in [6.07, 6.45) is 2.50. The van der Waals surface area contributed by atoms with E-state index >= 15 is 0 Å². The van der Waals surface area contributed by atoms with Crippen molar-refractivity contribution in [1.82, 2.24) is 10.2 Å². The lowest BCUT2D eigenvalue weighted by atomic mass is 9.81. The number of amides is 1. The molecule has 2 rings (SSSR count). The third-order valence-corrected chi connectivity index (χ3v) is 3.94. The van der Waals surface area contributed by atoms with Crippen LogP contribution in [0.4, 0.5) is 0 Å². The lowest BCUT2D eigenvalue weighted by Gasteiger charge is -2.36. The summed E-state index contributed by atoms with van der Waals surface area (Å²) in [4.78, 5) is 25.0. The highest BCUT2D eigenvalue weighted by molar-refractivity contribution is 5.84. The van der Waals surface area contributed by atoms with E-state index in [4.69, 9.17) is 5.11 Å². The molecule has 0 aromatic carbocycles. The van der Waals surface area contributed by atoms with Crippen LogP contribution in [0.25, 0.3) is 0 Å². The molecule has 0 radical (unpaired) electrons. The Morgan fingerprint density at radius 2 is 2.24 bits per heavy atom. The Balaban J connectivity index is 1.98. The first-order valence-electron chi connectivity index (χ1n) is 6.26. The molecule has 2 fully saturated rings. The van der Waals surface area contributed by atoms with Gasteiger partial charge >= 0.3 is 5.97 Å². The van der Waals surface area contributed by atoms with Gasteiger partial charge in [-0.1, -0.05) is 0 Å². The van der Waals surface area contributed by atoms with E-state index in [1.165, 1.54) is 0 Å². The molecule has 2 aliphatic heterocycles. The molecule has 0 aromatic heterocycles. The third-order valence-electron chi connectivity index (χ3n) is 3.94. The highest BCUT2D eigenvalue weighted by Crippen LogP contribution is 2.30. The number of carbonyl (C=O) groups is 2. The molecule has 1 amide bonds. The standard InChI is InChI=1S/C12H20N2O3/c1-12(4-2-5-13-8-12)11(17)14-6-3-9(7-14)10(15)16/h9,13H,2-8H2,1H3,(H,15,16). The lowest BCUT2D eigenvalue weighted by molar-refractivity contribution is -0.143. The number of rotatable bonds is 2. The molecular formula is C12H20N2O3. The number of likely N-dealkylation sites (tertiary alicyclic amines) is 1. The number of piperidine rings is 1. The Morgan fingerprint density at radius 3 is 2.76 bits per heavy atom. The summed E-state index contributed by atoms with van der Waals surface area (Å²) in [7, 11) is 0. The quantitative estimate of drug-likeness (QED) is 0.729. The van der Waals surface area contributed by atoms with Crippen molar-refractivity contribution in [2.75, 3.05) is 26.2 Å². The summed E-state index contributed by atoms with van der Waals surface area (Å²) < 4.78 is 0. The van der Waals surface area contributed by atoms with Gasteiger partial charge in [-0.3, -0.25) is 9.59 Å². The summed E-state index contributed by atoms with van der Waals surface area (Å²) in [5, 5.41) is 12.2. The second-order valence-corrected chi connectivity index (χ2v) is 5.42. The van der Waals surface area contributed by atoms with Crippen LogP contribution >= 0.6 is 0 Å². The molecule has 5 heteroatoms. The maximum Gasteiger partial charge on any atom is 0.308 e. The molecule has 5 nitrogen and oxygen atoms in total. The molecule has 0 aliphatic carbocycles. The van der Waals surface area contributed by atoms with E-state index in [-0.39, 0.29) is 17.2 Å². The number of aliphatic carboxylic acids is 1. The van der Waals surface area contributed by atoms with Crippen LogP contribution in [0.3, 0.4) is 0 Å². The van der Waals surface area contributed by atoms with E-state index in [0.717, 1.165) is 19.4 Å².